The number of nitrogens with one attached hydrogen (secondary N) is 1. The predicted octanol–water partition coefficient (Wildman–Crippen LogP) is 4.71. The van der Waals surface area contributed by atoms with E-state index in [-0.39, 0.29) is 6.07 Å². The zero-order chi connectivity index (χ0) is 29.4. The lowest BCUT2D eigenvalue weighted by Crippen LogP contribution is -2.50. The summed E-state index contributed by atoms with van der Waals surface area (Å²) in [7, 11) is 0. The minimum atomic E-state index is -6.71. The summed E-state index contributed by atoms with van der Waals surface area (Å²) < 4.78 is 197. The second-order valence-corrected chi connectivity index (χ2v) is 6.42. The van der Waals surface area contributed by atoms with E-state index < -0.39 is 77.7 Å². The van der Waals surface area contributed by atoms with Crippen molar-refractivity contribution < 1.29 is 89.7 Å². The van der Waals surface area contributed by atoms with Crippen molar-refractivity contribution in [3.63, 3.8) is 0 Å². The number of amides is 1. The van der Waals surface area contributed by atoms with Crippen LogP contribution in [-0.4, -0.2) is 54.1 Å². The molecule has 37 heavy (non-hydrogen) atoms. The molecular formula is C16H6F15NO5. The Hall–Kier alpha value is -3.42. The smallest absolute Gasteiger partial charge is 0.418 e. The number of halogens is 15. The van der Waals surface area contributed by atoms with E-state index in [2.05, 4.69) is 9.47 Å². The fraction of sp³-hybridized carbons (Fsp3) is 0.438. The van der Waals surface area contributed by atoms with Crippen LogP contribution < -0.4 is 14.8 Å². The summed E-state index contributed by atoms with van der Waals surface area (Å²) in [6.45, 7) is -1.80. The summed E-state index contributed by atoms with van der Waals surface area (Å²) in [4.78, 5) is 33.7. The van der Waals surface area contributed by atoms with Crippen LogP contribution in [0.4, 0.5) is 65.9 Å². The van der Waals surface area contributed by atoms with Gasteiger partial charge in [0, 0.05) is 12.1 Å². The van der Waals surface area contributed by atoms with E-state index >= 15 is 0 Å². The van der Waals surface area contributed by atoms with Gasteiger partial charge in [-0.2, -0.15) is 65.9 Å². The maximum absolute atomic E-state index is 13.2. The summed E-state index contributed by atoms with van der Waals surface area (Å²) in [5, 5.41) is 0.785. The number of rotatable bonds is 7. The van der Waals surface area contributed by atoms with Gasteiger partial charge in [0.1, 0.15) is 0 Å². The number of carbonyl (C=O) groups is 3. The fourth-order valence-corrected chi connectivity index (χ4v) is 1.86. The maximum atomic E-state index is 13.2. The number of para-hydroxylation sites is 1. The maximum Gasteiger partial charge on any atom is 0.465 e. The van der Waals surface area contributed by atoms with Gasteiger partial charge >= 0.3 is 54.1 Å². The quantitative estimate of drug-likeness (QED) is 0.289. The van der Waals surface area contributed by atoms with Crippen molar-refractivity contribution in [2.75, 3.05) is 0 Å². The molecule has 0 unspecified atom stereocenters. The van der Waals surface area contributed by atoms with Crippen LogP contribution in [0.15, 0.2) is 18.2 Å². The second-order valence-electron chi connectivity index (χ2n) is 6.42. The minimum absolute atomic E-state index is 0.0638. The van der Waals surface area contributed by atoms with Gasteiger partial charge in [0.05, 0.1) is 0 Å². The molecule has 0 aromatic heterocycles. The molecular weight excluding hydrogens is 571 g/mol. The summed E-state index contributed by atoms with van der Waals surface area (Å²) >= 11 is 0. The molecule has 1 aromatic carbocycles. The largest absolute Gasteiger partial charge is 0.465 e. The van der Waals surface area contributed by atoms with Crippen molar-refractivity contribution in [2.45, 2.75) is 42.8 Å². The first-order chi connectivity index (χ1) is 16.3. The Labute approximate surface area is 192 Å². The molecule has 1 aromatic rings. The molecule has 0 fully saturated rings. The summed E-state index contributed by atoms with van der Waals surface area (Å²) in [6.07, 6.45) is -19.9. The molecule has 0 aliphatic heterocycles. The number of ether oxygens (including phenoxy) is 2. The van der Waals surface area contributed by atoms with Gasteiger partial charge in [0.25, 0.3) is 0 Å². The molecule has 0 spiro atoms. The molecule has 0 aliphatic carbocycles. The first-order valence-electron chi connectivity index (χ1n) is 8.46. The van der Waals surface area contributed by atoms with Crippen LogP contribution in [0.1, 0.15) is 5.56 Å². The first kappa shape index (κ1) is 31.6. The first-order valence-corrected chi connectivity index (χ1v) is 8.46. The molecule has 1 amide bonds. The molecule has 6 nitrogen and oxygen atoms in total. The van der Waals surface area contributed by atoms with Crippen molar-refractivity contribution in [2.24, 2.45) is 0 Å². The Balaban J connectivity index is 3.52. The van der Waals surface area contributed by atoms with Crippen LogP contribution in [0.2, 0.25) is 0 Å². The fourth-order valence-electron chi connectivity index (χ4n) is 1.86. The van der Waals surface area contributed by atoms with Crippen LogP contribution in [0.25, 0.3) is 0 Å². The van der Waals surface area contributed by atoms with Gasteiger partial charge < -0.3 is 14.8 Å². The van der Waals surface area contributed by atoms with E-state index in [1.807, 2.05) is 0 Å². The van der Waals surface area contributed by atoms with Crippen molar-refractivity contribution in [1.29, 1.82) is 0 Å². The zero-order valence-corrected chi connectivity index (χ0v) is 16.6. The van der Waals surface area contributed by atoms with Crippen LogP contribution >= 0.6 is 0 Å². The highest BCUT2D eigenvalue weighted by molar-refractivity contribution is 5.85. The molecule has 0 heterocycles. The Kier molecular flexibility index (Phi) is 8.37. The lowest BCUT2D eigenvalue weighted by Gasteiger charge is -2.22. The predicted molar refractivity (Wildman–Crippen MR) is 82.6 cm³/mol. The molecule has 0 saturated carbocycles. The number of benzene rings is 1. The van der Waals surface area contributed by atoms with Gasteiger partial charge in [0.2, 0.25) is 0 Å². The molecule has 21 heteroatoms. The number of alkyl halides is 15. The van der Waals surface area contributed by atoms with Gasteiger partial charge in [-0.3, -0.25) is 4.79 Å². The van der Waals surface area contributed by atoms with Crippen LogP contribution in [0.3, 0.4) is 0 Å². The van der Waals surface area contributed by atoms with Crippen LogP contribution in [0.5, 0.6) is 11.5 Å². The number of esters is 2. The third kappa shape index (κ3) is 6.48. The second kappa shape index (κ2) is 9.80. The van der Waals surface area contributed by atoms with E-state index in [1.165, 1.54) is 0 Å². The minimum Gasteiger partial charge on any atom is -0.418 e. The van der Waals surface area contributed by atoms with E-state index in [9.17, 15) is 80.2 Å². The average molecular weight is 577 g/mol. The van der Waals surface area contributed by atoms with Gasteiger partial charge in [-0.05, 0) is 6.07 Å². The van der Waals surface area contributed by atoms with Gasteiger partial charge in [-0.25, -0.2) is 9.59 Å². The molecule has 0 saturated heterocycles. The normalized spacial score (nSPS) is 13.7. The standard InChI is InChI=1S/C16H6F15NO5/c17-11(18,14(23,24)25)8(33)32-4-5-2-1-3-6(36-9(34)12(19,20)15(26,27)28)7(5)37-10(35)13(21,22)16(29,30)31/h1-3H,4H2,(H,32,33). The van der Waals surface area contributed by atoms with Crippen LogP contribution in [-0.2, 0) is 20.9 Å². The van der Waals surface area contributed by atoms with E-state index in [0.29, 0.717) is 12.1 Å². The van der Waals surface area contributed by atoms with Crippen molar-refractivity contribution in [3.8, 4) is 11.5 Å². The molecule has 0 radical (unpaired) electrons. The molecule has 1 rings (SSSR count). The van der Waals surface area contributed by atoms with Crippen LogP contribution in [0, 0.1) is 0 Å². The number of carbonyl (C=O) groups excluding carboxylic acids is 3. The topological polar surface area (TPSA) is 81.7 Å². The SMILES string of the molecule is O=C(NCc1cccc(OC(=O)C(F)(F)C(F)(F)F)c1OC(=O)C(F)(F)C(F)(F)F)C(F)(F)C(F)(F)F. The van der Waals surface area contributed by atoms with Gasteiger partial charge in [-0.15, -0.1) is 0 Å². The lowest BCUT2D eigenvalue weighted by atomic mass is 10.1. The molecule has 210 valence electrons. The van der Waals surface area contributed by atoms with E-state index in [4.69, 9.17) is 0 Å². The third-order valence-electron chi connectivity index (χ3n) is 3.76. The third-order valence-corrected chi connectivity index (χ3v) is 3.76. The Morgan fingerprint density at radius 3 is 1.43 bits per heavy atom. The Bertz CT molecular complexity index is 1040. The highest BCUT2D eigenvalue weighted by atomic mass is 19.4. The summed E-state index contributed by atoms with van der Waals surface area (Å²) in [6, 6.07) is 0.755. The lowest BCUT2D eigenvalue weighted by molar-refractivity contribution is -0.277. The Morgan fingerprint density at radius 2 is 1.03 bits per heavy atom. The van der Waals surface area contributed by atoms with Crippen molar-refractivity contribution in [1.82, 2.24) is 5.32 Å². The van der Waals surface area contributed by atoms with E-state index in [1.54, 1.807) is 0 Å². The number of hydrogen-bond donors (Lipinski definition) is 1. The summed E-state index contributed by atoms with van der Waals surface area (Å²) in [5.41, 5.74) is -1.38. The van der Waals surface area contributed by atoms with E-state index in [0.717, 1.165) is 5.32 Å². The highest BCUT2D eigenvalue weighted by Crippen LogP contribution is 2.42. The van der Waals surface area contributed by atoms with Gasteiger partial charge in [0.15, 0.2) is 11.5 Å². The zero-order valence-electron chi connectivity index (χ0n) is 16.6. The highest BCUT2D eigenvalue weighted by Gasteiger charge is 2.67. The van der Waals surface area contributed by atoms with Crippen molar-refractivity contribution in [3.05, 3.63) is 23.8 Å². The molecule has 0 aliphatic rings. The molecule has 0 atom stereocenters. The van der Waals surface area contributed by atoms with Crippen molar-refractivity contribution >= 4 is 17.8 Å². The monoisotopic (exact) mass is 577 g/mol. The molecule has 0 bridgehead atoms. The number of hydrogen-bond acceptors (Lipinski definition) is 5. The molecule has 1 N–H and O–H groups in total. The average Bonchev–Trinajstić information content (AvgIpc) is 2.70. The van der Waals surface area contributed by atoms with Gasteiger partial charge in [-0.1, -0.05) is 12.1 Å². The summed E-state index contributed by atoms with van der Waals surface area (Å²) in [5.74, 6) is -33.3. The Morgan fingerprint density at radius 1 is 0.622 bits per heavy atom.